The van der Waals surface area contributed by atoms with Gasteiger partial charge in [-0.2, -0.15) is 0 Å². The number of nitrogens with one attached hydrogen (secondary N) is 3. The summed E-state index contributed by atoms with van der Waals surface area (Å²) >= 11 is 0. The van der Waals surface area contributed by atoms with Crippen molar-refractivity contribution in [2.45, 2.75) is 86.3 Å². The van der Waals surface area contributed by atoms with Gasteiger partial charge in [0.05, 0.1) is 32.1 Å². The first kappa shape index (κ1) is 28.7. The molecule has 0 amide bonds. The highest BCUT2D eigenvalue weighted by Crippen LogP contribution is 2.53. The van der Waals surface area contributed by atoms with E-state index in [-0.39, 0.29) is 12.6 Å². The van der Waals surface area contributed by atoms with Gasteiger partial charge in [0.15, 0.2) is 0 Å². The van der Waals surface area contributed by atoms with Crippen LogP contribution in [0.2, 0.25) is 5.31 Å². The van der Waals surface area contributed by atoms with Crippen LogP contribution in [0.25, 0.3) is 0 Å². The zero-order chi connectivity index (χ0) is 27.8. The highest BCUT2D eigenvalue weighted by molar-refractivity contribution is 6.16. The van der Waals surface area contributed by atoms with Crippen molar-refractivity contribution in [3.05, 3.63) is 71.3 Å². The van der Waals surface area contributed by atoms with Gasteiger partial charge in [0.25, 0.3) is 0 Å². The summed E-state index contributed by atoms with van der Waals surface area (Å²) in [6.45, 7) is 2.65. The summed E-state index contributed by atoms with van der Waals surface area (Å²) in [5.74, 6) is -2.01. The van der Waals surface area contributed by atoms with E-state index in [1.54, 1.807) is 14.1 Å². The molecule has 10 atom stereocenters. The predicted octanol–water partition coefficient (Wildman–Crippen LogP) is 0.213. The molecule has 2 aromatic carbocycles. The van der Waals surface area contributed by atoms with Gasteiger partial charge >= 0.3 is 0 Å². The van der Waals surface area contributed by atoms with Crippen molar-refractivity contribution < 1.29 is 29.5 Å². The number of fused-ring (bicyclic) bond motifs is 2. The van der Waals surface area contributed by atoms with E-state index in [0.717, 1.165) is 12.0 Å². The van der Waals surface area contributed by atoms with Crippen molar-refractivity contribution in [1.82, 2.24) is 16.0 Å². The Bertz CT molecular complexity index is 1100. The Morgan fingerprint density at radius 1 is 0.872 bits per heavy atom. The molecule has 2 aromatic rings. The average Bonchev–Trinajstić information content (AvgIpc) is 2.91. The second-order valence-electron chi connectivity index (χ2n) is 11.2. The van der Waals surface area contributed by atoms with Crippen LogP contribution in [0.5, 0.6) is 0 Å². The number of hydrogen-bond donors (Lipinski definition) is 6. The lowest BCUT2D eigenvalue weighted by Crippen LogP contribution is -2.78. The van der Waals surface area contributed by atoms with Gasteiger partial charge in [-0.15, -0.1) is 0 Å². The van der Waals surface area contributed by atoms with Gasteiger partial charge in [0, 0.05) is 11.9 Å². The first-order valence-corrected chi connectivity index (χ1v) is 13.7. The smallest absolute Gasteiger partial charge is 0.217 e. The molecular weight excluding hydrogens is 497 g/mol. The van der Waals surface area contributed by atoms with Crippen LogP contribution in [-0.4, -0.2) is 98.5 Å². The van der Waals surface area contributed by atoms with Gasteiger partial charge in [-0.25, -0.2) is 0 Å². The fourth-order valence-corrected chi connectivity index (χ4v) is 6.33. The monoisotopic (exact) mass is 537 g/mol. The Balaban J connectivity index is 1.28. The van der Waals surface area contributed by atoms with Crippen molar-refractivity contribution in [1.29, 1.82) is 0 Å². The quantitative estimate of drug-likeness (QED) is 0.263. The van der Waals surface area contributed by atoms with Crippen LogP contribution in [0.15, 0.2) is 54.6 Å². The fraction of sp³-hybridized carbons (Fsp3) is 0.586. The third-order valence-corrected chi connectivity index (χ3v) is 8.47. The minimum atomic E-state index is -2.01. The number of aliphatic hydroxyl groups excluding tert-OH is 2. The molecule has 10 heteroatoms. The molecule has 6 N–H and O–H groups in total. The average molecular weight is 537 g/mol. The lowest BCUT2D eigenvalue weighted by Gasteiger charge is -2.61. The van der Waals surface area contributed by atoms with E-state index in [9.17, 15) is 15.3 Å². The third-order valence-electron chi connectivity index (χ3n) is 8.47. The summed E-state index contributed by atoms with van der Waals surface area (Å²) in [5, 5.41) is 41.9. The van der Waals surface area contributed by atoms with Crippen molar-refractivity contribution in [3.8, 4) is 0 Å². The third kappa shape index (κ3) is 5.42. The van der Waals surface area contributed by atoms with Crippen LogP contribution < -0.4 is 16.0 Å². The van der Waals surface area contributed by atoms with E-state index in [2.05, 4.69) is 52.3 Å². The summed E-state index contributed by atoms with van der Waals surface area (Å²) in [7, 11) is 10.2. The molecule has 3 fully saturated rings. The second-order valence-corrected chi connectivity index (χ2v) is 11.2. The molecule has 2 heterocycles. The van der Waals surface area contributed by atoms with E-state index in [4.69, 9.17) is 22.1 Å². The molecule has 1 saturated carbocycles. The normalized spacial score (nSPS) is 40.1. The number of aliphatic hydroxyl groups is 3. The second kappa shape index (κ2) is 11.6. The number of benzene rings is 2. The lowest BCUT2D eigenvalue weighted by atomic mass is 9.57. The van der Waals surface area contributed by atoms with Crippen LogP contribution >= 0.6 is 0 Å². The highest BCUT2D eigenvalue weighted by atomic mass is 16.8. The van der Waals surface area contributed by atoms with Gasteiger partial charge in [0.2, 0.25) is 12.1 Å². The van der Waals surface area contributed by atoms with Crippen molar-refractivity contribution in [2.75, 3.05) is 20.6 Å². The molecular formula is C29H40BN3O6. The van der Waals surface area contributed by atoms with Crippen LogP contribution in [0, 0.1) is 0 Å². The van der Waals surface area contributed by atoms with Crippen LogP contribution in [0.4, 0.5) is 0 Å². The maximum atomic E-state index is 11.9. The molecule has 0 bridgehead atoms. The standard InChI is InChI=1S/C29H40BN3O6/c1-17-14-28(30,16-33-15-20-11-9-19(10-12-20)13-18-7-5-4-6-8-18)29(36)27(37-17)38-26-24(35)21(31-2)23(34)22(32-3)25(26)39-29/h4-12,17,21-27,31-36H,13-16H2,1-3H3/t17-,21-,22+,23+,24+,25?,26?,27?,28-,29-/m1/s1. The number of rotatable bonds is 8. The first-order chi connectivity index (χ1) is 18.7. The van der Waals surface area contributed by atoms with Gasteiger partial charge in [-0.1, -0.05) is 54.6 Å². The maximum Gasteiger partial charge on any atom is 0.217 e. The van der Waals surface area contributed by atoms with E-state index >= 15 is 0 Å². The molecule has 39 heavy (non-hydrogen) atoms. The summed E-state index contributed by atoms with van der Waals surface area (Å²) in [6, 6.07) is 17.5. The molecule has 2 radical (unpaired) electrons. The first-order valence-electron chi connectivity index (χ1n) is 13.7. The molecule has 2 aliphatic heterocycles. The molecule has 5 rings (SSSR count). The molecule has 2 saturated heterocycles. The zero-order valence-electron chi connectivity index (χ0n) is 22.8. The van der Waals surface area contributed by atoms with Crippen molar-refractivity contribution in [2.24, 2.45) is 0 Å². The Labute approximate surface area is 231 Å². The Morgan fingerprint density at radius 2 is 1.51 bits per heavy atom. The largest absolute Gasteiger partial charge is 0.390 e. The molecule has 1 aliphatic carbocycles. The molecule has 9 nitrogen and oxygen atoms in total. The molecule has 210 valence electrons. The molecule has 0 aromatic heterocycles. The van der Waals surface area contributed by atoms with Crippen LogP contribution in [-0.2, 0) is 27.2 Å². The number of likely N-dealkylation sites (N-methyl/N-ethyl adjacent to an activating group) is 2. The van der Waals surface area contributed by atoms with E-state index < -0.39 is 53.9 Å². The summed E-state index contributed by atoms with van der Waals surface area (Å²) in [6.07, 6.45) is -4.10. The van der Waals surface area contributed by atoms with Gasteiger partial charge < -0.3 is 45.5 Å². The van der Waals surface area contributed by atoms with E-state index in [1.807, 2.05) is 25.1 Å². The summed E-state index contributed by atoms with van der Waals surface area (Å²) < 4.78 is 18.4. The lowest BCUT2D eigenvalue weighted by molar-refractivity contribution is -0.453. The number of ether oxygens (including phenoxy) is 3. The zero-order valence-corrected chi connectivity index (χ0v) is 22.8. The summed E-state index contributed by atoms with van der Waals surface area (Å²) in [5.41, 5.74) is 3.59. The van der Waals surface area contributed by atoms with E-state index in [0.29, 0.717) is 13.0 Å². The topological polar surface area (TPSA) is 124 Å². The minimum Gasteiger partial charge on any atom is -0.390 e. The van der Waals surface area contributed by atoms with Crippen molar-refractivity contribution in [3.63, 3.8) is 0 Å². The molecule has 3 unspecified atom stereocenters. The Morgan fingerprint density at radius 3 is 2.18 bits per heavy atom. The maximum absolute atomic E-state index is 11.9. The Hall–Kier alpha value is -1.86. The van der Waals surface area contributed by atoms with Crippen LogP contribution in [0.3, 0.4) is 0 Å². The fourth-order valence-electron chi connectivity index (χ4n) is 6.33. The van der Waals surface area contributed by atoms with Crippen LogP contribution in [0.1, 0.15) is 30.0 Å². The van der Waals surface area contributed by atoms with E-state index in [1.165, 1.54) is 11.1 Å². The van der Waals surface area contributed by atoms with Gasteiger partial charge in [0.1, 0.15) is 18.3 Å². The molecule has 3 aliphatic rings. The predicted molar refractivity (Wildman–Crippen MR) is 147 cm³/mol. The van der Waals surface area contributed by atoms with Gasteiger partial charge in [-0.05, 0) is 57.1 Å². The number of hydrogen-bond acceptors (Lipinski definition) is 9. The molecule has 0 spiro atoms. The summed E-state index contributed by atoms with van der Waals surface area (Å²) in [4.78, 5) is 0. The Kier molecular flexibility index (Phi) is 8.50. The minimum absolute atomic E-state index is 0.231. The van der Waals surface area contributed by atoms with Crippen molar-refractivity contribution >= 4 is 7.85 Å². The highest BCUT2D eigenvalue weighted by Gasteiger charge is 2.66. The van der Waals surface area contributed by atoms with Gasteiger partial charge in [-0.3, -0.25) is 0 Å². The SMILES string of the molecule is [B][C@@]1(CNCc2ccc(Cc3ccccc3)cc2)C[C@@H](C)OC2OC3C(O[C@]21O)[C@@H](NC)[C@@H](O)[C@@H](NC)[C@@H]3O.